The normalized spacial score (nSPS) is 28.2. The molecule has 1 aliphatic rings. The van der Waals surface area contributed by atoms with Gasteiger partial charge in [0, 0.05) is 15.2 Å². The molecular formula is C16H24ClNOS. The average Bonchev–Trinajstić information content (AvgIpc) is 2.47. The third-order valence-corrected chi connectivity index (χ3v) is 6.47. The molecule has 4 atom stereocenters. The summed E-state index contributed by atoms with van der Waals surface area (Å²) < 4.78 is 12.8. The molecule has 2 N–H and O–H groups in total. The summed E-state index contributed by atoms with van der Waals surface area (Å²) >= 11 is 5.90. The van der Waals surface area contributed by atoms with E-state index in [4.69, 9.17) is 17.3 Å². The monoisotopic (exact) mass is 313 g/mol. The van der Waals surface area contributed by atoms with Crippen LogP contribution in [0.15, 0.2) is 29.2 Å². The Morgan fingerprint density at radius 2 is 2.00 bits per heavy atom. The van der Waals surface area contributed by atoms with Crippen molar-refractivity contribution in [1.82, 2.24) is 0 Å². The van der Waals surface area contributed by atoms with E-state index < -0.39 is 10.8 Å². The minimum atomic E-state index is -0.971. The summed E-state index contributed by atoms with van der Waals surface area (Å²) in [5.74, 6) is 1.10. The first-order valence-corrected chi connectivity index (χ1v) is 9.11. The number of hydrogen-bond acceptors (Lipinski definition) is 2. The summed E-state index contributed by atoms with van der Waals surface area (Å²) in [4.78, 5) is 0.884. The first-order valence-electron chi connectivity index (χ1n) is 7.52. The summed E-state index contributed by atoms with van der Waals surface area (Å²) in [6.45, 7) is 2.86. The van der Waals surface area contributed by atoms with Gasteiger partial charge in [0.1, 0.15) is 0 Å². The molecule has 0 bridgehead atoms. The molecule has 0 amide bonds. The first-order chi connectivity index (χ1) is 9.65. The molecule has 0 radical (unpaired) electrons. The largest absolute Gasteiger partial charge is 0.330 e. The first kappa shape index (κ1) is 16.0. The van der Waals surface area contributed by atoms with Crippen LogP contribution in [0.4, 0.5) is 0 Å². The van der Waals surface area contributed by atoms with Crippen LogP contribution in [0.2, 0.25) is 5.02 Å². The zero-order valence-electron chi connectivity index (χ0n) is 12.1. The number of hydrogen-bond donors (Lipinski definition) is 1. The lowest BCUT2D eigenvalue weighted by Crippen LogP contribution is -2.37. The molecule has 4 unspecified atom stereocenters. The maximum absolute atomic E-state index is 12.8. The lowest BCUT2D eigenvalue weighted by Gasteiger charge is -2.35. The van der Waals surface area contributed by atoms with Crippen molar-refractivity contribution in [2.24, 2.45) is 17.6 Å². The fourth-order valence-corrected chi connectivity index (χ4v) is 5.14. The third-order valence-electron chi connectivity index (χ3n) is 4.36. The van der Waals surface area contributed by atoms with Gasteiger partial charge in [0.2, 0.25) is 0 Å². The predicted octanol–water partition coefficient (Wildman–Crippen LogP) is 3.99. The van der Waals surface area contributed by atoms with Crippen molar-refractivity contribution < 1.29 is 4.21 Å². The summed E-state index contributed by atoms with van der Waals surface area (Å²) in [6, 6.07) is 7.40. The van der Waals surface area contributed by atoms with Crippen LogP contribution in [-0.4, -0.2) is 16.0 Å². The van der Waals surface area contributed by atoms with E-state index in [2.05, 4.69) is 6.92 Å². The molecule has 0 spiro atoms. The number of rotatable bonds is 5. The van der Waals surface area contributed by atoms with Crippen molar-refractivity contribution >= 4 is 22.4 Å². The summed E-state index contributed by atoms with van der Waals surface area (Å²) in [6.07, 6.45) is 5.85. The van der Waals surface area contributed by atoms with Crippen molar-refractivity contribution in [1.29, 1.82) is 0 Å². The van der Waals surface area contributed by atoms with Gasteiger partial charge in [-0.05, 0) is 55.5 Å². The standard InChI is InChI=1S/C16H24ClNOS/c1-2-3-12-4-5-13(11-18)16(10-12)20(19)15-8-6-14(17)7-9-15/h6-9,12-13,16H,2-5,10-11,18H2,1H3. The molecule has 1 aromatic carbocycles. The van der Waals surface area contributed by atoms with Crippen molar-refractivity contribution in [3.63, 3.8) is 0 Å². The highest BCUT2D eigenvalue weighted by Crippen LogP contribution is 2.36. The minimum Gasteiger partial charge on any atom is -0.330 e. The van der Waals surface area contributed by atoms with Gasteiger partial charge in [-0.2, -0.15) is 0 Å². The summed E-state index contributed by atoms with van der Waals surface area (Å²) in [5.41, 5.74) is 5.90. The second-order valence-corrected chi connectivity index (χ2v) is 7.86. The molecule has 2 nitrogen and oxygen atoms in total. The van der Waals surface area contributed by atoms with E-state index in [1.54, 1.807) is 0 Å². The van der Waals surface area contributed by atoms with Gasteiger partial charge in [0.05, 0.1) is 10.8 Å². The molecule has 0 aromatic heterocycles. The van der Waals surface area contributed by atoms with E-state index in [-0.39, 0.29) is 5.25 Å². The minimum absolute atomic E-state index is 0.200. The van der Waals surface area contributed by atoms with Crippen LogP contribution >= 0.6 is 11.6 Å². The van der Waals surface area contributed by atoms with Crippen LogP contribution in [0, 0.1) is 11.8 Å². The molecule has 2 rings (SSSR count). The molecule has 1 aliphatic carbocycles. The lowest BCUT2D eigenvalue weighted by atomic mass is 9.80. The fraction of sp³-hybridized carbons (Fsp3) is 0.625. The second-order valence-electron chi connectivity index (χ2n) is 5.75. The van der Waals surface area contributed by atoms with Crippen molar-refractivity contribution in [2.75, 3.05) is 6.54 Å². The van der Waals surface area contributed by atoms with Crippen molar-refractivity contribution in [3.8, 4) is 0 Å². The van der Waals surface area contributed by atoms with E-state index in [1.165, 1.54) is 19.3 Å². The molecule has 0 aliphatic heterocycles. The Hall–Kier alpha value is -0.380. The highest BCUT2D eigenvalue weighted by Gasteiger charge is 2.33. The molecule has 1 fully saturated rings. The Morgan fingerprint density at radius 1 is 1.30 bits per heavy atom. The van der Waals surface area contributed by atoms with Crippen molar-refractivity contribution in [3.05, 3.63) is 29.3 Å². The molecule has 0 heterocycles. The van der Waals surface area contributed by atoms with Gasteiger partial charge in [-0.1, -0.05) is 37.8 Å². The highest BCUT2D eigenvalue weighted by atomic mass is 35.5. The van der Waals surface area contributed by atoms with Crippen molar-refractivity contribution in [2.45, 2.75) is 49.2 Å². The molecular weight excluding hydrogens is 290 g/mol. The topological polar surface area (TPSA) is 43.1 Å². The van der Waals surface area contributed by atoms with Crippen LogP contribution < -0.4 is 5.73 Å². The van der Waals surface area contributed by atoms with Gasteiger partial charge < -0.3 is 5.73 Å². The Labute approximate surface area is 129 Å². The third kappa shape index (κ3) is 3.84. The van der Waals surface area contributed by atoms with E-state index in [0.717, 1.165) is 17.7 Å². The van der Waals surface area contributed by atoms with Crippen LogP contribution in [-0.2, 0) is 10.8 Å². The smallest absolute Gasteiger partial charge is 0.0564 e. The zero-order valence-corrected chi connectivity index (χ0v) is 13.6. The zero-order chi connectivity index (χ0) is 14.5. The van der Waals surface area contributed by atoms with Gasteiger partial charge in [-0.15, -0.1) is 0 Å². The average molecular weight is 314 g/mol. The maximum atomic E-state index is 12.8. The van der Waals surface area contributed by atoms with Crippen LogP contribution in [0.5, 0.6) is 0 Å². The Bertz CT molecular complexity index is 448. The number of halogens is 1. The van der Waals surface area contributed by atoms with Crippen LogP contribution in [0.3, 0.4) is 0 Å². The summed E-state index contributed by atoms with van der Waals surface area (Å²) in [7, 11) is -0.971. The van der Waals surface area contributed by atoms with Gasteiger partial charge >= 0.3 is 0 Å². The Balaban J connectivity index is 2.13. The van der Waals surface area contributed by atoms with E-state index in [0.29, 0.717) is 23.4 Å². The van der Waals surface area contributed by atoms with Gasteiger partial charge in [0.25, 0.3) is 0 Å². The summed E-state index contributed by atoms with van der Waals surface area (Å²) in [5, 5.41) is 0.889. The molecule has 1 aromatic rings. The van der Waals surface area contributed by atoms with Gasteiger partial charge in [0.15, 0.2) is 0 Å². The van der Waals surface area contributed by atoms with E-state index in [1.807, 2.05) is 24.3 Å². The second kappa shape index (κ2) is 7.58. The quantitative estimate of drug-likeness (QED) is 0.893. The molecule has 4 heteroatoms. The molecule has 0 saturated heterocycles. The Kier molecular flexibility index (Phi) is 6.06. The molecule has 1 saturated carbocycles. The predicted molar refractivity (Wildman–Crippen MR) is 86.4 cm³/mol. The molecule has 20 heavy (non-hydrogen) atoms. The maximum Gasteiger partial charge on any atom is 0.0564 e. The van der Waals surface area contributed by atoms with Crippen LogP contribution in [0.25, 0.3) is 0 Å². The SMILES string of the molecule is CCCC1CCC(CN)C(S(=O)c2ccc(Cl)cc2)C1. The van der Waals surface area contributed by atoms with E-state index >= 15 is 0 Å². The van der Waals surface area contributed by atoms with Crippen LogP contribution in [0.1, 0.15) is 39.0 Å². The van der Waals surface area contributed by atoms with Gasteiger partial charge in [-0.25, -0.2) is 0 Å². The fourth-order valence-electron chi connectivity index (χ4n) is 3.22. The van der Waals surface area contributed by atoms with E-state index in [9.17, 15) is 4.21 Å². The lowest BCUT2D eigenvalue weighted by molar-refractivity contribution is 0.272. The van der Waals surface area contributed by atoms with Gasteiger partial charge in [-0.3, -0.25) is 4.21 Å². The highest BCUT2D eigenvalue weighted by molar-refractivity contribution is 7.85. The number of nitrogens with two attached hydrogens (primary N) is 1. The Morgan fingerprint density at radius 3 is 2.60 bits per heavy atom. The molecule has 112 valence electrons. The number of benzene rings is 1.